The number of pyridine rings is 1. The summed E-state index contributed by atoms with van der Waals surface area (Å²) in [5.41, 5.74) is 0.509. The number of halogens is 3. The first-order chi connectivity index (χ1) is 16.8. The molecule has 0 fully saturated rings. The minimum atomic E-state index is -4.49. The van der Waals surface area contributed by atoms with Gasteiger partial charge in [-0.05, 0) is 44.2 Å². The van der Waals surface area contributed by atoms with Crippen molar-refractivity contribution in [2.45, 2.75) is 30.9 Å². The molecule has 0 N–H and O–H groups in total. The van der Waals surface area contributed by atoms with E-state index in [4.69, 9.17) is 0 Å². The van der Waals surface area contributed by atoms with Gasteiger partial charge in [0, 0.05) is 36.4 Å². The van der Waals surface area contributed by atoms with Crippen LogP contribution in [-0.4, -0.2) is 48.6 Å². The van der Waals surface area contributed by atoms with Gasteiger partial charge in [0.25, 0.3) is 5.91 Å². The van der Waals surface area contributed by atoms with Crippen LogP contribution in [0.4, 0.5) is 13.2 Å². The Bertz CT molecular complexity index is 1300. The summed E-state index contributed by atoms with van der Waals surface area (Å²) < 4.78 is 41.7. The van der Waals surface area contributed by atoms with Crippen molar-refractivity contribution in [3.63, 3.8) is 0 Å². The second-order valence-electron chi connectivity index (χ2n) is 7.32. The van der Waals surface area contributed by atoms with Gasteiger partial charge in [0.05, 0.1) is 17.0 Å². The van der Waals surface area contributed by atoms with Crippen molar-refractivity contribution in [2.75, 3.05) is 13.1 Å². The summed E-state index contributed by atoms with van der Waals surface area (Å²) in [7, 11) is 0. The lowest BCUT2D eigenvalue weighted by Crippen LogP contribution is -2.30. The van der Waals surface area contributed by atoms with Gasteiger partial charge in [0.1, 0.15) is 10.7 Å². The molecule has 0 aliphatic rings. The molecule has 182 valence electrons. The Balaban J connectivity index is 1.66. The number of hydrogen-bond donors (Lipinski definition) is 0. The van der Waals surface area contributed by atoms with Crippen molar-refractivity contribution in [2.24, 2.45) is 0 Å². The van der Waals surface area contributed by atoms with Gasteiger partial charge in [0.15, 0.2) is 11.0 Å². The van der Waals surface area contributed by atoms with E-state index >= 15 is 0 Å². The molecule has 0 aliphatic carbocycles. The van der Waals surface area contributed by atoms with Gasteiger partial charge in [-0.2, -0.15) is 13.2 Å². The van der Waals surface area contributed by atoms with Crippen LogP contribution in [0.15, 0.2) is 59.3 Å². The molecule has 4 aromatic rings. The molecule has 3 aromatic heterocycles. The van der Waals surface area contributed by atoms with Crippen molar-refractivity contribution >= 4 is 29.0 Å². The van der Waals surface area contributed by atoms with E-state index in [2.05, 4.69) is 20.2 Å². The molecule has 0 radical (unpaired) electrons. The highest BCUT2D eigenvalue weighted by molar-refractivity contribution is 7.98. The zero-order chi connectivity index (χ0) is 25.0. The Morgan fingerprint density at radius 1 is 1.14 bits per heavy atom. The second-order valence-corrected chi connectivity index (χ2v) is 9.21. The van der Waals surface area contributed by atoms with Crippen LogP contribution >= 0.6 is 23.1 Å². The minimum Gasteiger partial charge on any atom is -0.338 e. The Labute approximate surface area is 208 Å². The highest BCUT2D eigenvalue weighted by Gasteiger charge is 2.31. The lowest BCUT2D eigenvalue weighted by atomic mass is 10.2. The molecule has 0 unspecified atom stereocenters. The van der Waals surface area contributed by atoms with Gasteiger partial charge in [-0.25, -0.2) is 4.98 Å². The topological polar surface area (TPSA) is 76.8 Å². The number of thioether (sulfide) groups is 1. The van der Waals surface area contributed by atoms with E-state index in [1.54, 1.807) is 45.4 Å². The third-order valence-electron chi connectivity index (χ3n) is 5.13. The van der Waals surface area contributed by atoms with Crippen LogP contribution < -0.4 is 0 Å². The molecule has 0 atom stereocenters. The molecule has 0 aliphatic heterocycles. The van der Waals surface area contributed by atoms with E-state index in [0.29, 0.717) is 46.1 Å². The fraction of sp³-hybridized carbons (Fsp3) is 0.261. The standard InChI is InChI=1S/C23H21F3N6OS2/c1-3-31(4-2)21(33)18-13-34-19(28-18)14-35-22-30-29-20(15-7-6-10-27-12-15)32(22)17-9-5-8-16(11-17)23(24,25)26/h5-13H,3-4,14H2,1-2H3. The predicted octanol–water partition coefficient (Wildman–Crippen LogP) is 5.58. The molecule has 0 saturated heterocycles. The summed E-state index contributed by atoms with van der Waals surface area (Å²) in [6.45, 7) is 5.00. The summed E-state index contributed by atoms with van der Waals surface area (Å²) in [6.07, 6.45) is -1.31. The molecular formula is C23H21F3N6OS2. The number of aromatic nitrogens is 5. The maximum atomic E-state index is 13.4. The summed E-state index contributed by atoms with van der Waals surface area (Å²) in [4.78, 5) is 22.8. The van der Waals surface area contributed by atoms with Crippen molar-refractivity contribution in [3.8, 4) is 17.1 Å². The number of thiazole rings is 1. The SMILES string of the molecule is CCN(CC)C(=O)c1csc(CSc2nnc(-c3cccnc3)n2-c2cccc(C(F)(F)F)c2)n1. The third-order valence-corrected chi connectivity index (χ3v) is 7.10. The number of amides is 1. The quantitative estimate of drug-likeness (QED) is 0.284. The molecule has 0 bridgehead atoms. The van der Waals surface area contributed by atoms with E-state index in [0.717, 1.165) is 12.1 Å². The Kier molecular flexibility index (Phi) is 7.51. The van der Waals surface area contributed by atoms with E-state index in [1.807, 2.05) is 13.8 Å². The number of carbonyl (C=O) groups excluding carboxylic acids is 1. The maximum absolute atomic E-state index is 13.4. The Morgan fingerprint density at radius 3 is 2.63 bits per heavy atom. The lowest BCUT2D eigenvalue weighted by Gasteiger charge is -2.16. The summed E-state index contributed by atoms with van der Waals surface area (Å²) in [6, 6.07) is 8.50. The summed E-state index contributed by atoms with van der Waals surface area (Å²) in [5, 5.41) is 11.3. The monoisotopic (exact) mass is 518 g/mol. The van der Waals surface area contributed by atoms with E-state index < -0.39 is 11.7 Å². The van der Waals surface area contributed by atoms with Crippen molar-refractivity contribution in [1.29, 1.82) is 0 Å². The van der Waals surface area contributed by atoms with E-state index in [-0.39, 0.29) is 11.6 Å². The summed E-state index contributed by atoms with van der Waals surface area (Å²) >= 11 is 2.63. The van der Waals surface area contributed by atoms with Gasteiger partial charge in [-0.15, -0.1) is 21.5 Å². The third kappa shape index (κ3) is 5.54. The summed E-state index contributed by atoms with van der Waals surface area (Å²) in [5.74, 6) is 0.616. The molecular weight excluding hydrogens is 497 g/mol. The zero-order valence-electron chi connectivity index (χ0n) is 18.9. The second kappa shape index (κ2) is 10.6. The molecule has 3 heterocycles. The maximum Gasteiger partial charge on any atom is 0.416 e. The number of hydrogen-bond acceptors (Lipinski definition) is 7. The number of nitrogens with zero attached hydrogens (tertiary/aromatic N) is 6. The van der Waals surface area contributed by atoms with Gasteiger partial charge in [-0.1, -0.05) is 17.8 Å². The first-order valence-corrected chi connectivity index (χ1v) is 12.6. The van der Waals surface area contributed by atoms with Crippen LogP contribution in [0, 0.1) is 0 Å². The smallest absolute Gasteiger partial charge is 0.338 e. The Hall–Kier alpha value is -3.25. The first kappa shape index (κ1) is 24.9. The van der Waals surface area contributed by atoms with Crippen LogP contribution in [0.1, 0.15) is 34.9 Å². The minimum absolute atomic E-state index is 0.131. The van der Waals surface area contributed by atoms with Crippen LogP contribution in [0.25, 0.3) is 17.1 Å². The number of carbonyl (C=O) groups is 1. The van der Waals surface area contributed by atoms with E-state index in [9.17, 15) is 18.0 Å². The molecule has 4 rings (SSSR count). The average molecular weight is 519 g/mol. The zero-order valence-corrected chi connectivity index (χ0v) is 20.5. The highest BCUT2D eigenvalue weighted by atomic mass is 32.2. The molecule has 0 saturated carbocycles. The fourth-order valence-electron chi connectivity index (χ4n) is 3.37. The van der Waals surface area contributed by atoms with Crippen molar-refractivity contribution in [3.05, 3.63) is 70.4 Å². The number of benzene rings is 1. The van der Waals surface area contributed by atoms with Crippen LogP contribution in [-0.2, 0) is 11.9 Å². The van der Waals surface area contributed by atoms with Gasteiger partial charge < -0.3 is 4.90 Å². The molecule has 0 spiro atoms. The normalized spacial score (nSPS) is 11.6. The average Bonchev–Trinajstić information content (AvgIpc) is 3.51. The van der Waals surface area contributed by atoms with Crippen LogP contribution in [0.3, 0.4) is 0 Å². The molecule has 12 heteroatoms. The Morgan fingerprint density at radius 2 is 1.94 bits per heavy atom. The van der Waals surface area contributed by atoms with Crippen molar-refractivity contribution in [1.82, 2.24) is 29.6 Å². The largest absolute Gasteiger partial charge is 0.416 e. The number of rotatable bonds is 8. The lowest BCUT2D eigenvalue weighted by molar-refractivity contribution is -0.137. The first-order valence-electron chi connectivity index (χ1n) is 10.7. The molecule has 7 nitrogen and oxygen atoms in total. The van der Waals surface area contributed by atoms with Crippen LogP contribution in [0.2, 0.25) is 0 Å². The molecule has 1 amide bonds. The van der Waals surface area contributed by atoms with Crippen LogP contribution in [0.5, 0.6) is 0 Å². The molecule has 1 aromatic carbocycles. The fourth-order valence-corrected chi connectivity index (χ4v) is 5.11. The van der Waals surface area contributed by atoms with Crippen molar-refractivity contribution < 1.29 is 18.0 Å². The predicted molar refractivity (Wildman–Crippen MR) is 129 cm³/mol. The van der Waals surface area contributed by atoms with Gasteiger partial charge >= 0.3 is 6.18 Å². The van der Waals surface area contributed by atoms with E-state index in [1.165, 1.54) is 29.2 Å². The highest BCUT2D eigenvalue weighted by Crippen LogP contribution is 2.34. The molecule has 35 heavy (non-hydrogen) atoms. The number of alkyl halides is 3. The van der Waals surface area contributed by atoms with Gasteiger partial charge in [-0.3, -0.25) is 14.3 Å². The van der Waals surface area contributed by atoms with Gasteiger partial charge in [0.2, 0.25) is 0 Å².